The number of rotatable bonds is 4. The molecular weight excluding hydrogens is 266 g/mol. The molecule has 1 fully saturated rings. The van der Waals surface area contributed by atoms with Crippen LogP contribution in [0.2, 0.25) is 5.02 Å². The highest BCUT2D eigenvalue weighted by molar-refractivity contribution is 6.33. The van der Waals surface area contributed by atoms with Crippen LogP contribution in [0, 0.1) is 5.92 Å². The molecule has 0 amide bonds. The summed E-state index contributed by atoms with van der Waals surface area (Å²) in [4.78, 5) is 0. The molecule has 1 aliphatic rings. The van der Waals surface area contributed by atoms with Gasteiger partial charge in [-0.2, -0.15) is 0 Å². The van der Waals surface area contributed by atoms with E-state index in [4.69, 9.17) is 31.5 Å². The van der Waals surface area contributed by atoms with Crippen LogP contribution >= 0.6 is 11.6 Å². The zero-order chi connectivity index (χ0) is 13.8. The lowest BCUT2D eigenvalue weighted by Gasteiger charge is -2.28. The normalized spacial score (nSPS) is 18.1. The number of nitrogens with two attached hydrogens (primary N) is 1. The monoisotopic (exact) mass is 285 g/mol. The second-order valence-corrected chi connectivity index (χ2v) is 5.06. The van der Waals surface area contributed by atoms with Crippen molar-refractivity contribution in [3.8, 4) is 11.5 Å². The van der Waals surface area contributed by atoms with Crippen LogP contribution in [-0.2, 0) is 4.74 Å². The van der Waals surface area contributed by atoms with E-state index in [1.807, 2.05) is 12.1 Å². The third-order valence-corrected chi connectivity index (χ3v) is 4.04. The van der Waals surface area contributed by atoms with E-state index < -0.39 is 0 Å². The minimum absolute atomic E-state index is 0.101. The molecule has 1 saturated heterocycles. The molecule has 2 N–H and O–H groups in total. The van der Waals surface area contributed by atoms with E-state index in [0.717, 1.165) is 31.6 Å². The molecule has 1 heterocycles. The summed E-state index contributed by atoms with van der Waals surface area (Å²) in [5, 5.41) is 0.542. The molecule has 0 bridgehead atoms. The fourth-order valence-electron chi connectivity index (χ4n) is 2.49. The van der Waals surface area contributed by atoms with Gasteiger partial charge in [0.05, 0.1) is 19.2 Å². The maximum atomic E-state index is 6.39. The van der Waals surface area contributed by atoms with Crippen LogP contribution in [0.25, 0.3) is 0 Å². The van der Waals surface area contributed by atoms with Crippen molar-refractivity contribution in [2.75, 3.05) is 27.4 Å². The molecule has 0 aromatic heterocycles. The Kier molecular flexibility index (Phi) is 4.91. The highest BCUT2D eigenvalue weighted by Crippen LogP contribution is 2.41. The van der Waals surface area contributed by atoms with Crippen molar-refractivity contribution < 1.29 is 14.2 Å². The van der Waals surface area contributed by atoms with Crippen LogP contribution in [0.15, 0.2) is 12.1 Å². The lowest BCUT2D eigenvalue weighted by Crippen LogP contribution is -2.27. The first-order chi connectivity index (χ1) is 9.19. The van der Waals surface area contributed by atoms with Gasteiger partial charge in [-0.3, -0.25) is 0 Å². The Morgan fingerprint density at radius 2 is 1.95 bits per heavy atom. The molecule has 0 unspecified atom stereocenters. The Hall–Kier alpha value is -0.970. The van der Waals surface area contributed by atoms with Crippen LogP contribution in [0.4, 0.5) is 0 Å². The molecule has 0 saturated carbocycles. The molecule has 2 rings (SSSR count). The van der Waals surface area contributed by atoms with Crippen LogP contribution in [0.1, 0.15) is 24.4 Å². The highest BCUT2D eigenvalue weighted by atomic mass is 35.5. The minimum atomic E-state index is -0.101. The Balaban J connectivity index is 2.28. The average Bonchev–Trinajstić information content (AvgIpc) is 2.47. The number of benzene rings is 1. The molecule has 4 nitrogen and oxygen atoms in total. The van der Waals surface area contributed by atoms with Crippen molar-refractivity contribution in [2.45, 2.75) is 18.9 Å². The molecular formula is C14H20ClNO3. The van der Waals surface area contributed by atoms with Gasteiger partial charge < -0.3 is 19.9 Å². The quantitative estimate of drug-likeness (QED) is 0.924. The zero-order valence-corrected chi connectivity index (χ0v) is 12.1. The number of methoxy groups -OCH3 is 2. The van der Waals surface area contributed by atoms with Gasteiger partial charge in [0, 0.05) is 19.3 Å². The Morgan fingerprint density at radius 3 is 2.53 bits per heavy atom. The van der Waals surface area contributed by atoms with Gasteiger partial charge in [0.1, 0.15) is 0 Å². The van der Waals surface area contributed by atoms with Gasteiger partial charge in [-0.05, 0) is 30.4 Å². The van der Waals surface area contributed by atoms with Gasteiger partial charge in [-0.1, -0.05) is 17.7 Å². The van der Waals surface area contributed by atoms with Crippen molar-refractivity contribution in [3.05, 3.63) is 22.7 Å². The molecule has 1 aromatic carbocycles. The maximum absolute atomic E-state index is 6.39. The third-order valence-electron chi connectivity index (χ3n) is 3.65. The first-order valence-corrected chi connectivity index (χ1v) is 6.80. The van der Waals surface area contributed by atoms with Crippen LogP contribution in [0.5, 0.6) is 11.5 Å². The summed E-state index contributed by atoms with van der Waals surface area (Å²) in [6.07, 6.45) is 1.93. The van der Waals surface area contributed by atoms with Crippen molar-refractivity contribution in [2.24, 2.45) is 11.7 Å². The lowest BCUT2D eigenvalue weighted by molar-refractivity contribution is 0.0583. The van der Waals surface area contributed by atoms with Crippen molar-refractivity contribution >= 4 is 11.6 Å². The van der Waals surface area contributed by atoms with E-state index in [2.05, 4.69) is 0 Å². The summed E-state index contributed by atoms with van der Waals surface area (Å²) in [7, 11) is 3.17. The SMILES string of the molecule is COc1ccc([C@H](N)C2CCOCC2)c(Cl)c1OC. The molecule has 1 aliphatic heterocycles. The van der Waals surface area contributed by atoms with Gasteiger partial charge >= 0.3 is 0 Å². The molecule has 5 heteroatoms. The number of ether oxygens (including phenoxy) is 3. The first-order valence-electron chi connectivity index (χ1n) is 6.42. The minimum Gasteiger partial charge on any atom is -0.493 e. The average molecular weight is 286 g/mol. The van der Waals surface area contributed by atoms with E-state index in [1.165, 1.54) is 0 Å². The van der Waals surface area contributed by atoms with Gasteiger partial charge in [-0.25, -0.2) is 0 Å². The van der Waals surface area contributed by atoms with Gasteiger partial charge in [0.25, 0.3) is 0 Å². The van der Waals surface area contributed by atoms with E-state index in [1.54, 1.807) is 14.2 Å². The molecule has 0 radical (unpaired) electrons. The lowest BCUT2D eigenvalue weighted by atomic mass is 9.87. The summed E-state index contributed by atoms with van der Waals surface area (Å²) >= 11 is 6.39. The van der Waals surface area contributed by atoms with Crippen LogP contribution in [-0.4, -0.2) is 27.4 Å². The molecule has 106 valence electrons. The number of hydrogen-bond acceptors (Lipinski definition) is 4. The second kappa shape index (κ2) is 6.46. The largest absolute Gasteiger partial charge is 0.493 e. The predicted octanol–water partition coefficient (Wildman–Crippen LogP) is 2.78. The smallest absolute Gasteiger partial charge is 0.179 e. The molecule has 0 aliphatic carbocycles. The zero-order valence-electron chi connectivity index (χ0n) is 11.3. The number of halogens is 1. The molecule has 1 atom stereocenters. The maximum Gasteiger partial charge on any atom is 0.179 e. The van der Waals surface area contributed by atoms with Gasteiger partial charge in [-0.15, -0.1) is 0 Å². The molecule has 0 spiro atoms. The highest BCUT2D eigenvalue weighted by Gasteiger charge is 2.26. The van der Waals surface area contributed by atoms with Gasteiger partial charge in [0.2, 0.25) is 0 Å². The topological polar surface area (TPSA) is 53.7 Å². The van der Waals surface area contributed by atoms with E-state index >= 15 is 0 Å². The first kappa shape index (κ1) is 14.4. The van der Waals surface area contributed by atoms with Crippen molar-refractivity contribution in [3.63, 3.8) is 0 Å². The predicted molar refractivity (Wildman–Crippen MR) is 75.0 cm³/mol. The molecule has 19 heavy (non-hydrogen) atoms. The number of hydrogen-bond donors (Lipinski definition) is 1. The standard InChI is InChI=1S/C14H20ClNO3/c1-17-11-4-3-10(12(15)14(11)18-2)13(16)9-5-7-19-8-6-9/h3-4,9,13H,5-8,16H2,1-2H3/t13-/m1/s1. The summed E-state index contributed by atoms with van der Waals surface area (Å²) in [5.41, 5.74) is 7.26. The summed E-state index contributed by atoms with van der Waals surface area (Å²) in [6.45, 7) is 1.53. The summed E-state index contributed by atoms with van der Waals surface area (Å²) in [5.74, 6) is 1.56. The van der Waals surface area contributed by atoms with Crippen molar-refractivity contribution in [1.29, 1.82) is 0 Å². The Labute approximate surface area is 118 Å². The van der Waals surface area contributed by atoms with Gasteiger partial charge in [0.15, 0.2) is 11.5 Å². The fraction of sp³-hybridized carbons (Fsp3) is 0.571. The van der Waals surface area contributed by atoms with Crippen LogP contribution < -0.4 is 15.2 Å². The Morgan fingerprint density at radius 1 is 1.26 bits per heavy atom. The fourth-order valence-corrected chi connectivity index (χ4v) is 2.85. The second-order valence-electron chi connectivity index (χ2n) is 4.68. The van der Waals surface area contributed by atoms with Crippen LogP contribution in [0.3, 0.4) is 0 Å². The summed E-state index contributed by atoms with van der Waals surface area (Å²) < 4.78 is 15.9. The van der Waals surface area contributed by atoms with E-state index in [0.29, 0.717) is 22.4 Å². The summed E-state index contributed by atoms with van der Waals surface area (Å²) in [6, 6.07) is 3.67. The molecule has 1 aromatic rings. The van der Waals surface area contributed by atoms with E-state index in [9.17, 15) is 0 Å². The van der Waals surface area contributed by atoms with E-state index in [-0.39, 0.29) is 6.04 Å². The van der Waals surface area contributed by atoms with Crippen molar-refractivity contribution in [1.82, 2.24) is 0 Å². The Bertz CT molecular complexity index is 433. The third kappa shape index (κ3) is 2.96.